The molecule has 1 aromatic carbocycles. The first-order valence-electron chi connectivity index (χ1n) is 9.62. The van der Waals surface area contributed by atoms with E-state index in [9.17, 15) is 9.59 Å². The van der Waals surface area contributed by atoms with Gasteiger partial charge < -0.3 is 13.7 Å². The Labute approximate surface area is 166 Å². The quantitative estimate of drug-likeness (QED) is 0.343. The summed E-state index contributed by atoms with van der Waals surface area (Å²) in [5, 5.41) is 0. The molecule has 1 atom stereocenters. The molecule has 5 nitrogen and oxygen atoms in total. The molecule has 0 heterocycles. The number of carbonyl (C=O) groups excluding carboxylic acids is 2. The van der Waals surface area contributed by atoms with Crippen LogP contribution < -0.4 is 0 Å². The smallest absolute Gasteiger partial charge is 0.322 e. The Morgan fingerprint density at radius 2 is 1.26 bits per heavy atom. The number of rotatable bonds is 9. The summed E-state index contributed by atoms with van der Waals surface area (Å²) in [5.74, 6) is -2.01. The summed E-state index contributed by atoms with van der Waals surface area (Å²) in [5.41, 5.74) is 0.952. The first kappa shape index (κ1) is 23.6. The molecule has 0 saturated heterocycles. The van der Waals surface area contributed by atoms with Gasteiger partial charge in [0.25, 0.3) is 0 Å². The first-order valence-corrected chi connectivity index (χ1v) is 16.5. The lowest BCUT2D eigenvalue weighted by molar-refractivity contribution is -0.163. The maximum absolute atomic E-state index is 12.9. The lowest BCUT2D eigenvalue weighted by Gasteiger charge is -2.50. The van der Waals surface area contributed by atoms with Crippen molar-refractivity contribution < 1.29 is 19.1 Å². The number of hydrogen-bond donors (Lipinski definition) is 0. The molecular weight excluding hydrogens is 374 g/mol. The van der Waals surface area contributed by atoms with Gasteiger partial charge in [0.05, 0.1) is 13.2 Å². The second-order valence-corrected chi connectivity index (χ2v) is 18.6. The number of esters is 2. The Morgan fingerprint density at radius 1 is 0.852 bits per heavy atom. The fraction of sp³-hybridized carbons (Fsp3) is 0.600. The molecule has 27 heavy (non-hydrogen) atoms. The summed E-state index contributed by atoms with van der Waals surface area (Å²) in [6.07, 6.45) is 0. The molecule has 1 aromatic rings. The van der Waals surface area contributed by atoms with Crippen LogP contribution in [-0.4, -0.2) is 45.9 Å². The standard InChI is InChI=1S/C20H35NO4Si2/c1-9-24-19(22)17(20(23)25-10-2)18(16-14-12-11-13-15-16)21(26(3,4)5)27(6,7)8/h11-15,17-18H,9-10H2,1-8H3. The topological polar surface area (TPSA) is 55.8 Å². The molecule has 152 valence electrons. The zero-order valence-electron chi connectivity index (χ0n) is 18.0. The normalized spacial score (nSPS) is 13.6. The summed E-state index contributed by atoms with van der Waals surface area (Å²) < 4.78 is 13.1. The molecule has 0 fully saturated rings. The zero-order valence-corrected chi connectivity index (χ0v) is 20.0. The summed E-state index contributed by atoms with van der Waals surface area (Å²) in [6, 6.07) is 9.43. The van der Waals surface area contributed by atoms with Crippen LogP contribution in [0.2, 0.25) is 39.3 Å². The highest BCUT2D eigenvalue weighted by Crippen LogP contribution is 2.38. The number of nitrogens with zero attached hydrogens (tertiary/aromatic N) is 1. The highest BCUT2D eigenvalue weighted by Gasteiger charge is 2.48. The van der Waals surface area contributed by atoms with Gasteiger partial charge in [0.1, 0.15) is 16.5 Å². The lowest BCUT2D eigenvalue weighted by Crippen LogP contribution is -2.62. The van der Waals surface area contributed by atoms with Crippen molar-refractivity contribution in [3.05, 3.63) is 35.9 Å². The summed E-state index contributed by atoms with van der Waals surface area (Å²) in [7, 11) is -3.78. The molecule has 0 amide bonds. The maximum atomic E-state index is 12.9. The van der Waals surface area contributed by atoms with E-state index in [0.29, 0.717) is 0 Å². The van der Waals surface area contributed by atoms with Crippen LogP contribution in [0.15, 0.2) is 30.3 Å². The van der Waals surface area contributed by atoms with Crippen LogP contribution in [0, 0.1) is 5.92 Å². The van der Waals surface area contributed by atoms with Crippen LogP contribution in [0.1, 0.15) is 25.5 Å². The Morgan fingerprint density at radius 3 is 1.59 bits per heavy atom. The minimum Gasteiger partial charge on any atom is -0.465 e. The van der Waals surface area contributed by atoms with Gasteiger partial charge in [0.2, 0.25) is 0 Å². The monoisotopic (exact) mass is 409 g/mol. The molecule has 0 spiro atoms. The van der Waals surface area contributed by atoms with Gasteiger partial charge in [0.15, 0.2) is 5.92 Å². The third-order valence-corrected chi connectivity index (χ3v) is 11.7. The van der Waals surface area contributed by atoms with E-state index in [-0.39, 0.29) is 19.3 Å². The van der Waals surface area contributed by atoms with Crippen molar-refractivity contribution in [2.45, 2.75) is 59.2 Å². The van der Waals surface area contributed by atoms with Crippen molar-refractivity contribution in [2.24, 2.45) is 5.92 Å². The summed E-state index contributed by atoms with van der Waals surface area (Å²) in [6.45, 7) is 17.5. The highest BCUT2D eigenvalue weighted by atomic mass is 28.4. The second-order valence-electron chi connectivity index (χ2n) is 8.55. The van der Waals surface area contributed by atoms with E-state index >= 15 is 0 Å². The molecule has 0 saturated carbocycles. The molecule has 0 aliphatic heterocycles. The van der Waals surface area contributed by atoms with Crippen LogP contribution in [0.3, 0.4) is 0 Å². The number of ether oxygens (including phenoxy) is 2. The molecule has 1 rings (SSSR count). The molecule has 0 radical (unpaired) electrons. The Kier molecular flexibility index (Phi) is 8.44. The second kappa shape index (κ2) is 9.66. The predicted molar refractivity (Wildman–Crippen MR) is 114 cm³/mol. The van der Waals surface area contributed by atoms with E-state index in [4.69, 9.17) is 9.47 Å². The van der Waals surface area contributed by atoms with Gasteiger partial charge in [-0.15, -0.1) is 0 Å². The highest BCUT2D eigenvalue weighted by molar-refractivity contribution is 6.89. The molecule has 0 N–H and O–H groups in total. The largest absolute Gasteiger partial charge is 0.465 e. The predicted octanol–water partition coefficient (Wildman–Crippen LogP) is 4.44. The van der Waals surface area contributed by atoms with Gasteiger partial charge in [-0.1, -0.05) is 69.6 Å². The first-order chi connectivity index (χ1) is 12.4. The molecular formula is C20H35NO4Si2. The average molecular weight is 410 g/mol. The van der Waals surface area contributed by atoms with E-state index in [1.165, 1.54) is 0 Å². The SMILES string of the molecule is CCOC(=O)C(C(=O)OCC)C(c1ccccc1)N([Si](C)(C)C)[Si](C)(C)C. The van der Waals surface area contributed by atoms with Crippen molar-refractivity contribution in [3.63, 3.8) is 0 Å². The van der Waals surface area contributed by atoms with Crippen molar-refractivity contribution in [1.82, 2.24) is 4.23 Å². The Bertz CT molecular complexity index is 591. The van der Waals surface area contributed by atoms with E-state index in [0.717, 1.165) is 5.56 Å². The van der Waals surface area contributed by atoms with E-state index < -0.39 is 34.3 Å². The van der Waals surface area contributed by atoms with Crippen LogP contribution in [0.25, 0.3) is 0 Å². The molecule has 1 unspecified atom stereocenters. The zero-order chi connectivity index (χ0) is 20.8. The fourth-order valence-electron chi connectivity index (χ4n) is 3.80. The average Bonchev–Trinajstić information content (AvgIpc) is 2.53. The van der Waals surface area contributed by atoms with E-state index in [1.54, 1.807) is 13.8 Å². The molecule has 7 heteroatoms. The van der Waals surface area contributed by atoms with Crippen molar-refractivity contribution in [2.75, 3.05) is 13.2 Å². The van der Waals surface area contributed by atoms with Gasteiger partial charge >= 0.3 is 11.9 Å². The van der Waals surface area contributed by atoms with Gasteiger partial charge in [-0.3, -0.25) is 9.59 Å². The van der Waals surface area contributed by atoms with E-state index in [1.807, 2.05) is 30.3 Å². The third kappa shape index (κ3) is 6.29. The maximum Gasteiger partial charge on any atom is 0.322 e. The van der Waals surface area contributed by atoms with Crippen LogP contribution >= 0.6 is 0 Å². The molecule has 0 aromatic heterocycles. The van der Waals surface area contributed by atoms with Crippen molar-refractivity contribution >= 4 is 28.4 Å². The van der Waals surface area contributed by atoms with Crippen molar-refractivity contribution in [3.8, 4) is 0 Å². The van der Waals surface area contributed by atoms with Crippen LogP contribution in [0.4, 0.5) is 0 Å². The van der Waals surface area contributed by atoms with Gasteiger partial charge in [-0.05, 0) is 19.4 Å². The van der Waals surface area contributed by atoms with E-state index in [2.05, 4.69) is 43.5 Å². The molecule has 0 aliphatic rings. The summed E-state index contributed by atoms with van der Waals surface area (Å²) in [4.78, 5) is 25.8. The Hall–Kier alpha value is -1.45. The fourth-order valence-corrected chi connectivity index (χ4v) is 14.1. The van der Waals surface area contributed by atoms with Crippen LogP contribution in [0.5, 0.6) is 0 Å². The minimum atomic E-state index is -1.89. The summed E-state index contributed by atoms with van der Waals surface area (Å²) >= 11 is 0. The number of hydrogen-bond acceptors (Lipinski definition) is 5. The van der Waals surface area contributed by atoms with Gasteiger partial charge in [0, 0.05) is 6.04 Å². The molecule has 0 aliphatic carbocycles. The number of benzene rings is 1. The van der Waals surface area contributed by atoms with Gasteiger partial charge in [-0.25, -0.2) is 0 Å². The lowest BCUT2D eigenvalue weighted by atomic mass is 9.93. The Balaban J connectivity index is 3.67. The van der Waals surface area contributed by atoms with Crippen LogP contribution in [-0.2, 0) is 19.1 Å². The number of carbonyl (C=O) groups is 2. The minimum absolute atomic E-state index is 0.232. The third-order valence-electron chi connectivity index (χ3n) is 4.26. The van der Waals surface area contributed by atoms with Crippen molar-refractivity contribution in [1.29, 1.82) is 0 Å². The van der Waals surface area contributed by atoms with Gasteiger partial charge in [-0.2, -0.15) is 0 Å². The molecule has 0 bridgehead atoms.